The van der Waals surface area contributed by atoms with Gasteiger partial charge in [0.2, 0.25) is 15.8 Å². The fraction of sp³-hybridized carbons (Fsp3) is 0.133. The summed E-state index contributed by atoms with van der Waals surface area (Å²) in [5, 5.41) is 2.55. The molecule has 0 fully saturated rings. The first-order valence-corrected chi connectivity index (χ1v) is 13.5. The van der Waals surface area contributed by atoms with Crippen molar-refractivity contribution in [2.45, 2.75) is 24.9 Å². The fourth-order valence-electron chi connectivity index (χ4n) is 3.94. The van der Waals surface area contributed by atoms with Gasteiger partial charge in [-0.15, -0.1) is 0 Å². The zero-order valence-electron chi connectivity index (χ0n) is 20.9. The van der Waals surface area contributed by atoms with Crippen molar-refractivity contribution in [3.05, 3.63) is 131 Å². The van der Waals surface area contributed by atoms with Crippen LogP contribution in [0.15, 0.2) is 114 Å². The summed E-state index contributed by atoms with van der Waals surface area (Å²) in [6.07, 6.45) is -0.751. The Kier molecular flexibility index (Phi) is 8.68. The third-order valence-electron chi connectivity index (χ3n) is 5.89. The van der Waals surface area contributed by atoms with Gasteiger partial charge in [-0.1, -0.05) is 78.9 Å². The molecular weight excluding hydrogens is 500 g/mol. The molecular formula is C30H28N2O5S. The third kappa shape index (κ3) is 6.94. The lowest BCUT2D eigenvalue weighted by Crippen LogP contribution is -2.30. The van der Waals surface area contributed by atoms with Crippen LogP contribution in [0.3, 0.4) is 0 Å². The Morgan fingerprint density at radius 1 is 0.763 bits per heavy atom. The number of ketones is 1. The number of sulfonamides is 1. The number of Topliss-reactive ketones (excluding diaryl/α,β-unsaturated/α-hetero) is 1. The maximum absolute atomic E-state index is 13.7. The van der Waals surface area contributed by atoms with Gasteiger partial charge in [-0.25, -0.2) is 13.2 Å². The molecule has 0 heterocycles. The van der Waals surface area contributed by atoms with Gasteiger partial charge in [0, 0.05) is 24.3 Å². The first-order chi connectivity index (χ1) is 18.3. The van der Waals surface area contributed by atoms with Gasteiger partial charge in [0.05, 0.1) is 4.90 Å². The highest BCUT2D eigenvalue weighted by atomic mass is 32.2. The first kappa shape index (κ1) is 26.8. The number of hydrogen-bond donors (Lipinski definition) is 1. The highest BCUT2D eigenvalue weighted by Crippen LogP contribution is 2.24. The second-order valence-corrected chi connectivity index (χ2v) is 10.6. The highest BCUT2D eigenvalue weighted by molar-refractivity contribution is 7.89. The number of anilines is 1. The third-order valence-corrected chi connectivity index (χ3v) is 7.68. The largest absolute Gasteiger partial charge is 0.441 e. The lowest BCUT2D eigenvalue weighted by atomic mass is 10.1. The lowest BCUT2D eigenvalue weighted by Gasteiger charge is -2.23. The first-order valence-electron chi connectivity index (χ1n) is 12.0. The van der Waals surface area contributed by atoms with Gasteiger partial charge in [0.15, 0.2) is 6.61 Å². The Hall–Kier alpha value is -4.27. The molecule has 4 rings (SSSR count). The topological polar surface area (TPSA) is 92.8 Å². The molecule has 8 heteroatoms. The standard InChI is InChI=1S/C30H28N2O5S/c1-23-19-27(17-18-28(23)29(33)22-37-30(34)31-26-15-9-4-10-16-26)38(35,36)32(20-24-11-5-2-6-12-24)21-25-13-7-3-8-14-25/h2-19H,20-22H2,1H3,(H,31,34). The van der Waals surface area contributed by atoms with Crippen LogP contribution < -0.4 is 5.32 Å². The van der Waals surface area contributed by atoms with E-state index in [-0.39, 0.29) is 23.5 Å². The van der Waals surface area contributed by atoms with E-state index < -0.39 is 28.5 Å². The van der Waals surface area contributed by atoms with Gasteiger partial charge in [-0.05, 0) is 53.9 Å². The SMILES string of the molecule is Cc1cc(S(=O)(=O)N(Cc2ccccc2)Cc2ccccc2)ccc1C(=O)COC(=O)Nc1ccccc1. The predicted octanol–water partition coefficient (Wildman–Crippen LogP) is 5.82. The van der Waals surface area contributed by atoms with E-state index >= 15 is 0 Å². The number of hydrogen-bond acceptors (Lipinski definition) is 5. The van der Waals surface area contributed by atoms with Crippen molar-refractivity contribution in [2.24, 2.45) is 0 Å². The Labute approximate surface area is 222 Å². The van der Waals surface area contributed by atoms with Gasteiger partial charge in [0.25, 0.3) is 0 Å². The van der Waals surface area contributed by atoms with E-state index in [0.717, 1.165) is 11.1 Å². The number of carbonyl (C=O) groups is 2. The summed E-state index contributed by atoms with van der Waals surface area (Å²) in [6.45, 7) is 1.58. The molecule has 4 aromatic carbocycles. The molecule has 0 radical (unpaired) electrons. The average Bonchev–Trinajstić information content (AvgIpc) is 2.93. The predicted molar refractivity (Wildman–Crippen MR) is 146 cm³/mol. The van der Waals surface area contributed by atoms with E-state index in [1.54, 1.807) is 31.2 Å². The molecule has 0 aliphatic heterocycles. The monoisotopic (exact) mass is 528 g/mol. The molecule has 7 nitrogen and oxygen atoms in total. The number of nitrogens with zero attached hydrogens (tertiary/aromatic N) is 1. The molecule has 1 amide bonds. The number of nitrogens with one attached hydrogen (secondary N) is 1. The van der Waals surface area contributed by atoms with Crippen LogP contribution in [0.5, 0.6) is 0 Å². The second kappa shape index (κ2) is 12.3. The van der Waals surface area contributed by atoms with Crippen molar-refractivity contribution in [1.29, 1.82) is 0 Å². The van der Waals surface area contributed by atoms with Crippen molar-refractivity contribution in [3.63, 3.8) is 0 Å². The fourth-order valence-corrected chi connectivity index (χ4v) is 5.44. The van der Waals surface area contributed by atoms with Gasteiger partial charge in [-0.3, -0.25) is 10.1 Å². The molecule has 194 valence electrons. The number of aryl methyl sites for hydroxylation is 1. The zero-order valence-corrected chi connectivity index (χ0v) is 21.7. The molecule has 38 heavy (non-hydrogen) atoms. The van der Waals surface area contributed by atoms with Gasteiger partial charge >= 0.3 is 6.09 Å². The molecule has 0 spiro atoms. The summed E-state index contributed by atoms with van der Waals surface area (Å²) in [6, 6.07) is 31.9. The van der Waals surface area contributed by atoms with E-state index in [9.17, 15) is 18.0 Å². The normalized spacial score (nSPS) is 11.2. The Bertz CT molecular complexity index is 1450. The number of rotatable bonds is 10. The summed E-state index contributed by atoms with van der Waals surface area (Å²) in [5.41, 5.74) is 3.03. The van der Waals surface area contributed by atoms with Crippen molar-refractivity contribution in [3.8, 4) is 0 Å². The van der Waals surface area contributed by atoms with Crippen LogP contribution in [0.4, 0.5) is 10.5 Å². The molecule has 0 bridgehead atoms. The quantitative estimate of drug-likeness (QED) is 0.262. The van der Waals surface area contributed by atoms with Crippen molar-refractivity contribution in [2.75, 3.05) is 11.9 Å². The maximum Gasteiger partial charge on any atom is 0.412 e. The molecule has 0 saturated heterocycles. The van der Waals surface area contributed by atoms with Crippen LogP contribution in [-0.4, -0.2) is 31.2 Å². The summed E-state index contributed by atoms with van der Waals surface area (Å²) >= 11 is 0. The summed E-state index contributed by atoms with van der Waals surface area (Å²) in [4.78, 5) is 24.8. The molecule has 0 atom stereocenters. The minimum atomic E-state index is -3.90. The van der Waals surface area contributed by atoms with Gasteiger partial charge in [0.1, 0.15) is 0 Å². The van der Waals surface area contributed by atoms with Crippen LogP contribution in [0, 0.1) is 6.92 Å². The molecule has 1 N–H and O–H groups in total. The minimum Gasteiger partial charge on any atom is -0.441 e. The van der Waals surface area contributed by atoms with E-state index in [0.29, 0.717) is 11.3 Å². The Morgan fingerprint density at radius 2 is 1.29 bits per heavy atom. The van der Waals surface area contributed by atoms with E-state index in [2.05, 4.69) is 5.32 Å². The van der Waals surface area contributed by atoms with Crippen LogP contribution >= 0.6 is 0 Å². The van der Waals surface area contributed by atoms with E-state index in [1.165, 1.54) is 22.5 Å². The molecule has 4 aromatic rings. The Balaban J connectivity index is 1.50. The molecule has 0 unspecified atom stereocenters. The summed E-state index contributed by atoms with van der Waals surface area (Å²) < 4.78 is 33.9. The number of para-hydroxylation sites is 1. The number of amides is 1. The summed E-state index contributed by atoms with van der Waals surface area (Å²) in [5.74, 6) is -0.430. The second-order valence-electron chi connectivity index (χ2n) is 8.71. The van der Waals surface area contributed by atoms with Crippen molar-refractivity contribution < 1.29 is 22.7 Å². The van der Waals surface area contributed by atoms with Crippen LogP contribution in [0.2, 0.25) is 0 Å². The number of carbonyl (C=O) groups excluding carboxylic acids is 2. The molecule has 0 aromatic heterocycles. The zero-order chi connectivity index (χ0) is 27.0. The smallest absolute Gasteiger partial charge is 0.412 e. The number of benzene rings is 4. The minimum absolute atomic E-state index is 0.0844. The van der Waals surface area contributed by atoms with Crippen LogP contribution in [0.25, 0.3) is 0 Å². The van der Waals surface area contributed by atoms with Gasteiger partial charge < -0.3 is 4.74 Å². The maximum atomic E-state index is 13.7. The molecule has 0 aliphatic rings. The highest BCUT2D eigenvalue weighted by Gasteiger charge is 2.26. The van der Waals surface area contributed by atoms with E-state index in [1.807, 2.05) is 66.7 Å². The molecule has 0 aliphatic carbocycles. The van der Waals surface area contributed by atoms with Crippen molar-refractivity contribution in [1.82, 2.24) is 4.31 Å². The average molecular weight is 529 g/mol. The summed E-state index contributed by atoms with van der Waals surface area (Å²) in [7, 11) is -3.90. The van der Waals surface area contributed by atoms with E-state index in [4.69, 9.17) is 4.74 Å². The number of ether oxygens (including phenoxy) is 1. The van der Waals surface area contributed by atoms with Crippen LogP contribution in [0.1, 0.15) is 27.0 Å². The Morgan fingerprint density at radius 3 is 1.82 bits per heavy atom. The van der Waals surface area contributed by atoms with Gasteiger partial charge in [-0.2, -0.15) is 4.31 Å². The van der Waals surface area contributed by atoms with Crippen molar-refractivity contribution >= 4 is 27.6 Å². The van der Waals surface area contributed by atoms with Crippen LogP contribution in [-0.2, 0) is 27.8 Å². The lowest BCUT2D eigenvalue weighted by molar-refractivity contribution is 0.0863. The molecule has 0 saturated carbocycles.